The van der Waals surface area contributed by atoms with Crippen molar-refractivity contribution < 1.29 is 9.53 Å². The Morgan fingerprint density at radius 2 is 2.27 bits per heavy atom. The van der Waals surface area contributed by atoms with Gasteiger partial charge in [-0.15, -0.1) is 11.3 Å². The lowest BCUT2D eigenvalue weighted by Crippen LogP contribution is -2.17. The summed E-state index contributed by atoms with van der Waals surface area (Å²) in [5.74, 6) is 0. The normalized spacial score (nSPS) is 10.5. The minimum absolute atomic E-state index is 0.114. The Hall–Kier alpha value is -1.10. The van der Waals surface area contributed by atoms with Crippen molar-refractivity contribution in [2.45, 2.75) is 40.2 Å². The summed E-state index contributed by atoms with van der Waals surface area (Å²) in [5, 5.41) is 3.22. The molecule has 0 atom stereocenters. The summed E-state index contributed by atoms with van der Waals surface area (Å²) in [6.45, 7) is 7.65. The molecule has 0 aliphatic heterocycles. The van der Waals surface area contributed by atoms with Crippen LogP contribution >= 0.6 is 11.3 Å². The van der Waals surface area contributed by atoms with Gasteiger partial charge in [0.2, 0.25) is 0 Å². The van der Waals surface area contributed by atoms with E-state index in [9.17, 15) is 4.79 Å². The molecule has 0 aliphatic rings. The fourth-order valence-corrected chi connectivity index (χ4v) is 2.03. The van der Waals surface area contributed by atoms with Crippen molar-refractivity contribution in [1.82, 2.24) is 4.98 Å². The Morgan fingerprint density at radius 1 is 1.60 bits per heavy atom. The number of nitrogens with one attached hydrogen (secondary N) is 1. The van der Waals surface area contributed by atoms with Crippen LogP contribution < -0.4 is 5.32 Å². The van der Waals surface area contributed by atoms with Gasteiger partial charge in [0.1, 0.15) is 0 Å². The fraction of sp³-hybridized carbons (Fsp3) is 0.600. The maximum atomic E-state index is 11.3. The van der Waals surface area contributed by atoms with Crippen molar-refractivity contribution >= 4 is 22.6 Å². The number of hydrogen-bond donors (Lipinski definition) is 1. The lowest BCUT2D eigenvalue weighted by Gasteiger charge is -2.06. The zero-order chi connectivity index (χ0) is 11.4. The second-order valence-electron chi connectivity index (χ2n) is 3.45. The number of carbonyl (C=O) groups is 1. The van der Waals surface area contributed by atoms with E-state index in [0.717, 1.165) is 17.0 Å². The first kappa shape index (κ1) is 12.0. The van der Waals surface area contributed by atoms with Crippen molar-refractivity contribution in [1.29, 1.82) is 0 Å². The molecule has 0 fully saturated rings. The molecule has 84 valence electrons. The van der Waals surface area contributed by atoms with Gasteiger partial charge >= 0.3 is 6.09 Å². The number of carbonyl (C=O) groups excluding carboxylic acids is 1. The van der Waals surface area contributed by atoms with Gasteiger partial charge in [-0.25, -0.2) is 9.78 Å². The molecule has 1 aromatic heterocycles. The van der Waals surface area contributed by atoms with Gasteiger partial charge in [0, 0.05) is 4.88 Å². The first-order valence-electron chi connectivity index (χ1n) is 4.96. The molecule has 0 saturated heterocycles. The molecule has 0 saturated carbocycles. The number of amides is 1. The van der Waals surface area contributed by atoms with Crippen LogP contribution in [0.1, 0.15) is 31.3 Å². The van der Waals surface area contributed by atoms with Crippen LogP contribution in [-0.4, -0.2) is 17.2 Å². The Balaban J connectivity index is 2.60. The lowest BCUT2D eigenvalue weighted by molar-refractivity contribution is 0.130. The van der Waals surface area contributed by atoms with Gasteiger partial charge in [-0.1, -0.05) is 6.92 Å². The highest BCUT2D eigenvalue weighted by Crippen LogP contribution is 2.22. The highest BCUT2D eigenvalue weighted by atomic mass is 32.1. The molecule has 0 bridgehead atoms. The lowest BCUT2D eigenvalue weighted by atomic mass is 10.3. The molecule has 0 unspecified atom stereocenters. The predicted octanol–water partition coefficient (Wildman–Crippen LogP) is 2.97. The van der Waals surface area contributed by atoms with Gasteiger partial charge in [-0.2, -0.15) is 0 Å². The van der Waals surface area contributed by atoms with E-state index in [1.54, 1.807) is 0 Å². The number of aromatic nitrogens is 1. The highest BCUT2D eigenvalue weighted by molar-refractivity contribution is 7.15. The van der Waals surface area contributed by atoms with Crippen molar-refractivity contribution in [3.05, 3.63) is 10.6 Å². The molecule has 1 rings (SSSR count). The summed E-state index contributed by atoms with van der Waals surface area (Å²) in [6, 6.07) is 0. The molecule has 0 aromatic carbocycles. The van der Waals surface area contributed by atoms with Crippen molar-refractivity contribution in [2.75, 3.05) is 5.32 Å². The van der Waals surface area contributed by atoms with E-state index < -0.39 is 6.09 Å². The second-order valence-corrected chi connectivity index (χ2v) is 4.66. The van der Waals surface area contributed by atoms with Crippen LogP contribution in [-0.2, 0) is 11.2 Å². The standard InChI is InChI=1S/C10H16N2O2S/c1-5-8-7(4)15-9(11-8)12-10(13)14-6(2)3/h6H,5H2,1-4H3,(H,11,12,13). The Kier molecular flexibility index (Phi) is 4.08. The Bertz CT molecular complexity index is 347. The number of ether oxygens (including phenoxy) is 1. The Labute approximate surface area is 93.7 Å². The van der Waals surface area contributed by atoms with Crippen molar-refractivity contribution in [3.8, 4) is 0 Å². The number of anilines is 1. The maximum absolute atomic E-state index is 11.3. The smallest absolute Gasteiger partial charge is 0.413 e. The number of aryl methyl sites for hydroxylation is 2. The molecule has 1 aromatic rings. The van der Waals surface area contributed by atoms with E-state index in [-0.39, 0.29) is 6.10 Å². The molecule has 1 N–H and O–H groups in total. The quantitative estimate of drug-likeness (QED) is 0.865. The van der Waals surface area contributed by atoms with Crippen LogP contribution in [0.3, 0.4) is 0 Å². The monoisotopic (exact) mass is 228 g/mol. The summed E-state index contributed by atoms with van der Waals surface area (Å²) in [6.07, 6.45) is 0.321. The molecular weight excluding hydrogens is 212 g/mol. The zero-order valence-electron chi connectivity index (χ0n) is 9.46. The van der Waals surface area contributed by atoms with Crippen molar-refractivity contribution in [3.63, 3.8) is 0 Å². The molecule has 0 spiro atoms. The molecule has 1 heterocycles. The van der Waals surface area contributed by atoms with Gasteiger partial charge < -0.3 is 4.74 Å². The average Bonchev–Trinajstić information content (AvgIpc) is 2.44. The van der Waals surface area contributed by atoms with Crippen LogP contribution in [0.25, 0.3) is 0 Å². The number of thiazole rings is 1. The topological polar surface area (TPSA) is 51.2 Å². The summed E-state index contributed by atoms with van der Waals surface area (Å²) >= 11 is 1.47. The van der Waals surface area contributed by atoms with Crippen LogP contribution in [0.15, 0.2) is 0 Å². The molecule has 0 aliphatic carbocycles. The van der Waals surface area contributed by atoms with E-state index in [1.165, 1.54) is 11.3 Å². The largest absolute Gasteiger partial charge is 0.447 e. The number of nitrogens with zero attached hydrogens (tertiary/aromatic N) is 1. The summed E-state index contributed by atoms with van der Waals surface area (Å²) < 4.78 is 4.95. The molecule has 0 radical (unpaired) electrons. The van der Waals surface area contributed by atoms with Gasteiger partial charge in [0.05, 0.1) is 11.8 Å². The molecule has 15 heavy (non-hydrogen) atoms. The second kappa shape index (κ2) is 5.11. The average molecular weight is 228 g/mol. The van der Waals surface area contributed by atoms with Gasteiger partial charge in [0.15, 0.2) is 5.13 Å². The maximum Gasteiger partial charge on any atom is 0.413 e. The first-order valence-corrected chi connectivity index (χ1v) is 5.78. The molecule has 5 heteroatoms. The van der Waals surface area contributed by atoms with Gasteiger partial charge in [-0.3, -0.25) is 5.32 Å². The minimum atomic E-state index is -0.443. The van der Waals surface area contributed by atoms with Gasteiger partial charge in [-0.05, 0) is 27.2 Å². The van der Waals surface area contributed by atoms with E-state index in [4.69, 9.17) is 4.74 Å². The molecular formula is C10H16N2O2S. The molecule has 4 nitrogen and oxygen atoms in total. The number of hydrogen-bond acceptors (Lipinski definition) is 4. The predicted molar refractivity (Wildman–Crippen MR) is 61.5 cm³/mol. The van der Waals surface area contributed by atoms with Crippen LogP contribution in [0, 0.1) is 6.92 Å². The van der Waals surface area contributed by atoms with E-state index >= 15 is 0 Å². The third-order valence-electron chi connectivity index (χ3n) is 1.78. The van der Waals surface area contributed by atoms with Gasteiger partial charge in [0.25, 0.3) is 0 Å². The fourth-order valence-electron chi connectivity index (χ4n) is 1.14. The van der Waals surface area contributed by atoms with E-state index in [0.29, 0.717) is 5.13 Å². The number of rotatable bonds is 3. The third-order valence-corrected chi connectivity index (χ3v) is 2.71. The van der Waals surface area contributed by atoms with Crippen LogP contribution in [0.5, 0.6) is 0 Å². The highest BCUT2D eigenvalue weighted by Gasteiger charge is 2.10. The van der Waals surface area contributed by atoms with Crippen LogP contribution in [0.2, 0.25) is 0 Å². The first-order chi connectivity index (χ1) is 7.02. The summed E-state index contributed by atoms with van der Waals surface area (Å²) in [5.41, 5.74) is 1.03. The zero-order valence-corrected chi connectivity index (χ0v) is 10.3. The Morgan fingerprint density at radius 3 is 2.73 bits per heavy atom. The summed E-state index contributed by atoms with van der Waals surface area (Å²) in [7, 11) is 0. The SMILES string of the molecule is CCc1nc(NC(=O)OC(C)C)sc1C. The van der Waals surface area contributed by atoms with E-state index in [1.807, 2.05) is 27.7 Å². The third kappa shape index (κ3) is 3.51. The summed E-state index contributed by atoms with van der Waals surface area (Å²) in [4.78, 5) is 16.7. The van der Waals surface area contributed by atoms with Crippen LogP contribution in [0.4, 0.5) is 9.93 Å². The van der Waals surface area contributed by atoms with Crippen molar-refractivity contribution in [2.24, 2.45) is 0 Å². The molecule has 1 amide bonds. The minimum Gasteiger partial charge on any atom is -0.447 e. The van der Waals surface area contributed by atoms with E-state index in [2.05, 4.69) is 10.3 Å².